The molecule has 0 bridgehead atoms. The van der Waals surface area contributed by atoms with Crippen molar-refractivity contribution in [1.29, 1.82) is 0 Å². The average Bonchev–Trinajstić information content (AvgIpc) is 3.04. The number of fused-ring (bicyclic) bond motifs is 1. The van der Waals surface area contributed by atoms with E-state index >= 15 is 0 Å². The van der Waals surface area contributed by atoms with Crippen molar-refractivity contribution in [2.75, 3.05) is 25.0 Å². The maximum Gasteiger partial charge on any atom is 0.251 e. The van der Waals surface area contributed by atoms with Gasteiger partial charge >= 0.3 is 0 Å². The van der Waals surface area contributed by atoms with Gasteiger partial charge in [0.25, 0.3) is 5.91 Å². The van der Waals surface area contributed by atoms with Crippen molar-refractivity contribution in [3.63, 3.8) is 0 Å². The van der Waals surface area contributed by atoms with Gasteiger partial charge in [0.1, 0.15) is 5.00 Å². The second kappa shape index (κ2) is 6.38. The minimum atomic E-state index is -0.427. The molecule has 2 amide bonds. The van der Waals surface area contributed by atoms with E-state index in [4.69, 9.17) is 5.73 Å². The van der Waals surface area contributed by atoms with E-state index < -0.39 is 5.91 Å². The Morgan fingerprint density at radius 3 is 2.77 bits per heavy atom. The standard InChI is InChI=1S/C16H23N3O2S/c1-10-4-5-11-12(8-10)22-16(14(11)15(17)21)18-13(20)9-19-6-2-3-7-19/h10H,2-9H2,1H3,(H2,17,21)(H,18,20). The molecule has 1 aromatic rings. The molecule has 1 fully saturated rings. The van der Waals surface area contributed by atoms with Crippen LogP contribution in [0.5, 0.6) is 0 Å². The predicted molar refractivity (Wildman–Crippen MR) is 88.3 cm³/mol. The molecule has 0 spiro atoms. The molecule has 0 aromatic carbocycles. The molecule has 1 aliphatic heterocycles. The van der Waals surface area contributed by atoms with Crippen LogP contribution in [0.3, 0.4) is 0 Å². The van der Waals surface area contributed by atoms with Gasteiger partial charge in [0, 0.05) is 4.88 Å². The number of nitrogens with zero attached hydrogens (tertiary/aromatic N) is 1. The lowest BCUT2D eigenvalue weighted by molar-refractivity contribution is -0.117. The average molecular weight is 321 g/mol. The van der Waals surface area contributed by atoms with Crippen molar-refractivity contribution in [1.82, 2.24) is 4.90 Å². The van der Waals surface area contributed by atoms with Crippen LogP contribution in [-0.4, -0.2) is 36.3 Å². The van der Waals surface area contributed by atoms with Gasteiger partial charge in [-0.3, -0.25) is 14.5 Å². The van der Waals surface area contributed by atoms with Gasteiger partial charge in [-0.2, -0.15) is 0 Å². The van der Waals surface area contributed by atoms with Gasteiger partial charge in [-0.15, -0.1) is 11.3 Å². The second-order valence-corrected chi connectivity index (χ2v) is 7.56. The van der Waals surface area contributed by atoms with Crippen molar-refractivity contribution >= 4 is 28.2 Å². The molecule has 1 aliphatic carbocycles. The monoisotopic (exact) mass is 321 g/mol. The molecule has 1 aromatic heterocycles. The second-order valence-electron chi connectivity index (χ2n) is 6.45. The summed E-state index contributed by atoms with van der Waals surface area (Å²) in [5.41, 5.74) is 7.17. The Balaban J connectivity index is 1.77. The highest BCUT2D eigenvalue weighted by Gasteiger charge is 2.27. The molecule has 1 saturated heterocycles. The SMILES string of the molecule is CC1CCc2c(sc(NC(=O)CN3CCCC3)c2C(N)=O)C1. The molecule has 3 N–H and O–H groups in total. The number of amides is 2. The number of carbonyl (C=O) groups excluding carboxylic acids is 2. The summed E-state index contributed by atoms with van der Waals surface area (Å²) in [6.07, 6.45) is 5.25. The smallest absolute Gasteiger partial charge is 0.251 e. The number of nitrogens with one attached hydrogen (secondary N) is 1. The number of hydrogen-bond acceptors (Lipinski definition) is 4. The Morgan fingerprint density at radius 2 is 2.09 bits per heavy atom. The number of rotatable bonds is 4. The summed E-state index contributed by atoms with van der Waals surface area (Å²) in [5.74, 6) is 0.152. The van der Waals surface area contributed by atoms with Crippen molar-refractivity contribution in [2.45, 2.75) is 39.0 Å². The van der Waals surface area contributed by atoms with E-state index in [1.165, 1.54) is 16.2 Å². The van der Waals surface area contributed by atoms with Crippen LogP contribution in [0.4, 0.5) is 5.00 Å². The molecule has 2 aliphatic rings. The van der Waals surface area contributed by atoms with E-state index in [0.29, 0.717) is 23.0 Å². The zero-order valence-electron chi connectivity index (χ0n) is 13.0. The third kappa shape index (κ3) is 3.17. The molecular formula is C16H23N3O2S. The fraction of sp³-hybridized carbons (Fsp3) is 0.625. The fourth-order valence-corrected chi connectivity index (χ4v) is 4.84. The molecular weight excluding hydrogens is 298 g/mol. The predicted octanol–water partition coefficient (Wildman–Crippen LogP) is 2.01. The molecule has 2 heterocycles. The number of primary amides is 1. The van der Waals surface area contributed by atoms with Gasteiger partial charge in [-0.05, 0) is 56.7 Å². The third-order valence-corrected chi connectivity index (χ3v) is 5.75. The molecule has 0 saturated carbocycles. The van der Waals surface area contributed by atoms with Crippen LogP contribution in [0.1, 0.15) is 47.0 Å². The van der Waals surface area contributed by atoms with E-state index in [2.05, 4.69) is 17.1 Å². The van der Waals surface area contributed by atoms with Crippen LogP contribution in [0, 0.1) is 5.92 Å². The van der Waals surface area contributed by atoms with Crippen LogP contribution in [0.2, 0.25) is 0 Å². The zero-order chi connectivity index (χ0) is 15.7. The minimum absolute atomic E-state index is 0.0453. The van der Waals surface area contributed by atoms with Gasteiger partial charge < -0.3 is 11.1 Å². The topological polar surface area (TPSA) is 75.4 Å². The lowest BCUT2D eigenvalue weighted by Gasteiger charge is -2.18. The number of nitrogens with two attached hydrogens (primary N) is 1. The summed E-state index contributed by atoms with van der Waals surface area (Å²) in [5, 5.41) is 3.58. The molecule has 6 heteroatoms. The quantitative estimate of drug-likeness (QED) is 0.890. The fourth-order valence-electron chi connectivity index (χ4n) is 3.41. The summed E-state index contributed by atoms with van der Waals surface area (Å²) >= 11 is 1.53. The summed E-state index contributed by atoms with van der Waals surface area (Å²) in [4.78, 5) is 27.4. The molecule has 5 nitrogen and oxygen atoms in total. The van der Waals surface area contributed by atoms with Crippen LogP contribution >= 0.6 is 11.3 Å². The summed E-state index contributed by atoms with van der Waals surface area (Å²) in [6.45, 7) is 4.58. The van der Waals surface area contributed by atoms with E-state index in [1.807, 2.05) is 0 Å². The van der Waals surface area contributed by atoms with Crippen LogP contribution in [-0.2, 0) is 17.6 Å². The van der Waals surface area contributed by atoms with Crippen molar-refractivity contribution in [3.05, 3.63) is 16.0 Å². The van der Waals surface area contributed by atoms with Gasteiger partial charge in [0.05, 0.1) is 12.1 Å². The lowest BCUT2D eigenvalue weighted by Crippen LogP contribution is -2.31. The Morgan fingerprint density at radius 1 is 1.36 bits per heavy atom. The van der Waals surface area contributed by atoms with E-state index in [1.54, 1.807) is 0 Å². The first kappa shape index (κ1) is 15.5. The number of likely N-dealkylation sites (tertiary alicyclic amines) is 1. The summed E-state index contributed by atoms with van der Waals surface area (Å²) < 4.78 is 0. The van der Waals surface area contributed by atoms with Gasteiger partial charge in [-0.25, -0.2) is 0 Å². The summed E-state index contributed by atoms with van der Waals surface area (Å²) in [6, 6.07) is 0. The minimum Gasteiger partial charge on any atom is -0.365 e. The summed E-state index contributed by atoms with van der Waals surface area (Å²) in [7, 11) is 0. The maximum absolute atomic E-state index is 12.2. The third-order valence-electron chi connectivity index (χ3n) is 4.58. The lowest BCUT2D eigenvalue weighted by atomic mass is 9.88. The molecule has 1 unspecified atom stereocenters. The largest absolute Gasteiger partial charge is 0.365 e. The first-order valence-corrected chi connectivity index (χ1v) is 8.82. The number of hydrogen-bond donors (Lipinski definition) is 2. The number of anilines is 1. The molecule has 0 radical (unpaired) electrons. The Hall–Kier alpha value is -1.40. The van der Waals surface area contributed by atoms with Crippen molar-refractivity contribution in [3.8, 4) is 0 Å². The maximum atomic E-state index is 12.2. The van der Waals surface area contributed by atoms with E-state index in [9.17, 15) is 9.59 Å². The van der Waals surface area contributed by atoms with Gasteiger partial charge in [0.15, 0.2) is 0 Å². The van der Waals surface area contributed by atoms with Gasteiger partial charge in [0.2, 0.25) is 5.91 Å². The molecule has 22 heavy (non-hydrogen) atoms. The van der Waals surface area contributed by atoms with Crippen LogP contribution in [0.25, 0.3) is 0 Å². The van der Waals surface area contributed by atoms with Crippen molar-refractivity contribution in [2.24, 2.45) is 11.7 Å². The molecule has 120 valence electrons. The van der Waals surface area contributed by atoms with Gasteiger partial charge in [-0.1, -0.05) is 6.92 Å². The van der Waals surface area contributed by atoms with Crippen LogP contribution < -0.4 is 11.1 Å². The highest BCUT2D eigenvalue weighted by Crippen LogP contribution is 2.39. The molecule has 3 rings (SSSR count). The number of carbonyl (C=O) groups is 2. The Bertz CT molecular complexity index is 590. The van der Waals surface area contributed by atoms with E-state index in [0.717, 1.165) is 50.8 Å². The molecule has 1 atom stereocenters. The normalized spacial score (nSPS) is 21.6. The number of thiophene rings is 1. The zero-order valence-corrected chi connectivity index (χ0v) is 13.8. The first-order valence-electron chi connectivity index (χ1n) is 8.01. The van der Waals surface area contributed by atoms with Crippen LogP contribution in [0.15, 0.2) is 0 Å². The Kier molecular flexibility index (Phi) is 4.49. The highest BCUT2D eigenvalue weighted by molar-refractivity contribution is 7.17. The highest BCUT2D eigenvalue weighted by atomic mass is 32.1. The van der Waals surface area contributed by atoms with E-state index in [-0.39, 0.29) is 5.91 Å². The van der Waals surface area contributed by atoms with Crippen molar-refractivity contribution < 1.29 is 9.59 Å². The first-order chi connectivity index (χ1) is 10.5. The Labute approximate surface area is 134 Å².